The maximum Gasteiger partial charge on any atom is 0.164 e. The van der Waals surface area contributed by atoms with Crippen molar-refractivity contribution in [1.82, 2.24) is 19.5 Å². The van der Waals surface area contributed by atoms with Crippen molar-refractivity contribution in [2.24, 2.45) is 0 Å². The summed E-state index contributed by atoms with van der Waals surface area (Å²) in [6.07, 6.45) is 3.25. The van der Waals surface area contributed by atoms with Crippen molar-refractivity contribution >= 4 is 12.6 Å². The lowest BCUT2D eigenvalue weighted by Gasteiger charge is -2.07. The number of hydrogen-bond acceptors (Lipinski definition) is 4. The Morgan fingerprint density at radius 1 is 1.42 bits per heavy atom. The molecular formula is C7H8N4S. The van der Waals surface area contributed by atoms with Gasteiger partial charge < -0.3 is 4.57 Å². The summed E-state index contributed by atoms with van der Waals surface area (Å²) in [6, 6.07) is 0. The van der Waals surface area contributed by atoms with E-state index < -0.39 is 0 Å². The number of aryl methyl sites for hydroxylation is 1. The van der Waals surface area contributed by atoms with Crippen LogP contribution >= 0.6 is 12.6 Å². The normalized spacial score (nSPS) is 10.8. The fourth-order valence-corrected chi connectivity index (χ4v) is 1.31. The van der Waals surface area contributed by atoms with Crippen molar-refractivity contribution in [3.8, 4) is 11.5 Å². The van der Waals surface area contributed by atoms with Crippen LogP contribution in [0.3, 0.4) is 0 Å². The zero-order chi connectivity index (χ0) is 8.55. The van der Waals surface area contributed by atoms with Gasteiger partial charge in [0.1, 0.15) is 17.0 Å². The zero-order valence-electron chi connectivity index (χ0n) is 6.60. The first-order chi connectivity index (χ1) is 5.83. The molecule has 0 unspecified atom stereocenters. The van der Waals surface area contributed by atoms with Gasteiger partial charge in [-0.2, -0.15) is 0 Å². The smallest absolute Gasteiger partial charge is 0.164 e. The molecule has 2 rings (SSSR count). The fourth-order valence-electron chi connectivity index (χ4n) is 1.10. The highest BCUT2D eigenvalue weighted by atomic mass is 32.1. The molecule has 0 fully saturated rings. The second-order valence-corrected chi connectivity index (χ2v) is 2.82. The van der Waals surface area contributed by atoms with Gasteiger partial charge in [-0.05, 0) is 6.92 Å². The molecule has 12 heavy (non-hydrogen) atoms. The number of hydrogen-bond donors (Lipinski definition) is 1. The summed E-state index contributed by atoms with van der Waals surface area (Å²) < 4.78 is 1.93. The van der Waals surface area contributed by atoms with Gasteiger partial charge in [0.2, 0.25) is 0 Å². The number of nitrogens with zero attached hydrogens (tertiary/aromatic N) is 4. The van der Waals surface area contributed by atoms with E-state index in [0.29, 0.717) is 5.03 Å². The molecule has 0 bridgehead atoms. The van der Waals surface area contributed by atoms with Crippen LogP contribution in [0, 0.1) is 0 Å². The first-order valence-corrected chi connectivity index (χ1v) is 4.12. The molecule has 0 spiro atoms. The van der Waals surface area contributed by atoms with Gasteiger partial charge in [-0.3, -0.25) is 0 Å². The van der Waals surface area contributed by atoms with E-state index in [2.05, 4.69) is 27.6 Å². The van der Waals surface area contributed by atoms with Crippen LogP contribution in [0.2, 0.25) is 0 Å². The van der Waals surface area contributed by atoms with Gasteiger partial charge in [-0.15, -0.1) is 12.6 Å². The van der Waals surface area contributed by atoms with Crippen molar-refractivity contribution in [2.45, 2.75) is 18.5 Å². The Morgan fingerprint density at radius 2 is 2.25 bits per heavy atom. The van der Waals surface area contributed by atoms with Gasteiger partial charge in [0, 0.05) is 6.54 Å². The highest BCUT2D eigenvalue weighted by molar-refractivity contribution is 7.80. The predicted molar refractivity (Wildman–Crippen MR) is 47.4 cm³/mol. The van der Waals surface area contributed by atoms with Crippen molar-refractivity contribution in [3.05, 3.63) is 12.7 Å². The Morgan fingerprint density at radius 3 is 3.00 bits per heavy atom. The van der Waals surface area contributed by atoms with Crippen molar-refractivity contribution in [2.75, 3.05) is 0 Å². The van der Waals surface area contributed by atoms with E-state index in [9.17, 15) is 0 Å². The van der Waals surface area contributed by atoms with Crippen LogP contribution in [0.5, 0.6) is 0 Å². The van der Waals surface area contributed by atoms with Crippen LogP contribution in [0.1, 0.15) is 6.92 Å². The largest absolute Gasteiger partial charge is 0.315 e. The third kappa shape index (κ3) is 0.972. The highest BCUT2D eigenvalue weighted by Gasteiger charge is 2.12. The van der Waals surface area contributed by atoms with Crippen LogP contribution in [-0.4, -0.2) is 19.5 Å². The second-order valence-electron chi connectivity index (χ2n) is 2.40. The molecule has 0 saturated heterocycles. The molecular weight excluding hydrogens is 172 g/mol. The summed E-state index contributed by atoms with van der Waals surface area (Å²) in [6.45, 7) is 2.88. The van der Waals surface area contributed by atoms with E-state index in [4.69, 9.17) is 0 Å². The standard InChI is InChI=1S/C7H8N4S/c1-2-11-4-10-7(12)5-6(11)9-3-8-5/h3-4,12H,2H2,1H3. The van der Waals surface area contributed by atoms with E-state index >= 15 is 0 Å². The van der Waals surface area contributed by atoms with Gasteiger partial charge >= 0.3 is 0 Å². The molecule has 2 heterocycles. The third-order valence-corrected chi connectivity index (χ3v) is 2.05. The average Bonchev–Trinajstić information content (AvgIpc) is 2.54. The molecule has 5 heteroatoms. The summed E-state index contributed by atoms with van der Waals surface area (Å²) in [5.74, 6) is 0.845. The van der Waals surface area contributed by atoms with Crippen LogP contribution in [0.15, 0.2) is 17.7 Å². The first kappa shape index (κ1) is 7.54. The number of aromatic nitrogens is 4. The number of fused-ring (bicyclic) bond motifs is 1. The minimum atomic E-state index is 0.632. The summed E-state index contributed by atoms with van der Waals surface area (Å²) in [5.41, 5.74) is 0.766. The van der Waals surface area contributed by atoms with Gasteiger partial charge in [0.05, 0.1) is 6.33 Å². The van der Waals surface area contributed by atoms with Gasteiger partial charge in [0.25, 0.3) is 0 Å². The van der Waals surface area contributed by atoms with E-state index in [1.165, 1.54) is 6.33 Å². The number of rotatable bonds is 1. The molecule has 0 N–H and O–H groups in total. The Labute approximate surface area is 75.4 Å². The molecule has 4 nitrogen and oxygen atoms in total. The number of thiol groups is 1. The SMILES string of the molecule is CCn1cnc(S)c2ncnc1-2. The molecule has 0 aliphatic carbocycles. The summed E-state index contributed by atoms with van der Waals surface area (Å²) >= 11 is 4.18. The summed E-state index contributed by atoms with van der Waals surface area (Å²) in [5, 5.41) is 0.632. The van der Waals surface area contributed by atoms with Gasteiger partial charge in [-0.1, -0.05) is 0 Å². The van der Waals surface area contributed by atoms with E-state index in [1.807, 2.05) is 11.5 Å². The lowest BCUT2D eigenvalue weighted by Crippen LogP contribution is -2.03. The first-order valence-electron chi connectivity index (χ1n) is 3.67. The molecule has 2 aliphatic rings. The molecule has 0 amide bonds. The molecule has 0 aromatic rings. The quantitative estimate of drug-likeness (QED) is 0.527. The van der Waals surface area contributed by atoms with E-state index in [0.717, 1.165) is 18.1 Å². The predicted octanol–water partition coefficient (Wildman–Crippen LogP) is 1.09. The number of imidazole rings is 1. The third-order valence-electron chi connectivity index (χ3n) is 1.72. The Bertz CT molecular complexity index is 370. The van der Waals surface area contributed by atoms with E-state index in [1.54, 1.807) is 6.33 Å². The minimum absolute atomic E-state index is 0.632. The molecule has 0 radical (unpaired) electrons. The average molecular weight is 180 g/mol. The topological polar surface area (TPSA) is 43.6 Å². The molecule has 0 atom stereocenters. The Kier molecular flexibility index (Phi) is 1.73. The lowest BCUT2D eigenvalue weighted by molar-refractivity contribution is 0.716. The van der Waals surface area contributed by atoms with E-state index in [-0.39, 0.29) is 0 Å². The minimum Gasteiger partial charge on any atom is -0.315 e. The van der Waals surface area contributed by atoms with Gasteiger partial charge in [-0.25, -0.2) is 15.0 Å². The fraction of sp³-hybridized carbons (Fsp3) is 0.286. The Hall–Kier alpha value is -1.10. The van der Waals surface area contributed by atoms with Crippen molar-refractivity contribution < 1.29 is 0 Å². The summed E-state index contributed by atoms with van der Waals surface area (Å²) in [7, 11) is 0. The van der Waals surface area contributed by atoms with Gasteiger partial charge in [0.15, 0.2) is 5.82 Å². The molecule has 0 aromatic heterocycles. The van der Waals surface area contributed by atoms with Crippen molar-refractivity contribution in [1.29, 1.82) is 0 Å². The lowest BCUT2D eigenvalue weighted by atomic mass is 10.4. The Balaban J connectivity index is 2.71. The van der Waals surface area contributed by atoms with Crippen LogP contribution in [-0.2, 0) is 6.54 Å². The van der Waals surface area contributed by atoms with Crippen LogP contribution in [0.4, 0.5) is 0 Å². The monoisotopic (exact) mass is 180 g/mol. The molecule has 62 valence electrons. The second kappa shape index (κ2) is 2.75. The van der Waals surface area contributed by atoms with Crippen LogP contribution < -0.4 is 0 Å². The molecule has 0 saturated carbocycles. The molecule has 0 aromatic carbocycles. The highest BCUT2D eigenvalue weighted by Crippen LogP contribution is 2.21. The molecule has 2 aliphatic heterocycles. The zero-order valence-corrected chi connectivity index (χ0v) is 7.49. The maximum absolute atomic E-state index is 4.18. The summed E-state index contributed by atoms with van der Waals surface area (Å²) in [4.78, 5) is 12.2. The maximum atomic E-state index is 4.18. The van der Waals surface area contributed by atoms with Crippen molar-refractivity contribution in [3.63, 3.8) is 0 Å². The van der Waals surface area contributed by atoms with Crippen LogP contribution in [0.25, 0.3) is 11.5 Å².